The van der Waals surface area contributed by atoms with Gasteiger partial charge in [-0.3, -0.25) is 14.9 Å². The normalized spacial score (nSPS) is 17.5. The lowest BCUT2D eigenvalue weighted by Gasteiger charge is -2.21. The third-order valence-corrected chi connectivity index (χ3v) is 7.33. The Labute approximate surface area is 227 Å². The number of rotatable bonds is 8. The predicted octanol–water partition coefficient (Wildman–Crippen LogP) is 4.26. The van der Waals surface area contributed by atoms with Gasteiger partial charge in [0.05, 0.1) is 18.3 Å². The van der Waals surface area contributed by atoms with Crippen LogP contribution in [0.5, 0.6) is 0 Å². The standard InChI is InChI=1S/C29H34FN7O2/c1-19-16-25(33-35(19)3)27-20(2)28(37(34-27)23-8-6-5-7-9-23)32-29(38)31-26-18-36(14-15-39-4)17-24(26)21-10-12-22(30)13-11-21/h5-13,16,24,26H,14-15,17-18H2,1-4H3,(H2,31,32,38)/t24-,26+/m0/s1. The topological polar surface area (TPSA) is 89.2 Å². The van der Waals surface area contributed by atoms with Crippen LogP contribution >= 0.6 is 0 Å². The lowest BCUT2D eigenvalue weighted by atomic mass is 9.94. The van der Waals surface area contributed by atoms with Gasteiger partial charge in [0.2, 0.25) is 0 Å². The van der Waals surface area contributed by atoms with Gasteiger partial charge in [0.25, 0.3) is 0 Å². The van der Waals surface area contributed by atoms with Gasteiger partial charge in [-0.15, -0.1) is 0 Å². The zero-order valence-electron chi connectivity index (χ0n) is 22.7. The van der Waals surface area contributed by atoms with Crippen LogP contribution in [-0.4, -0.2) is 69.9 Å². The van der Waals surface area contributed by atoms with Gasteiger partial charge in [0.15, 0.2) is 0 Å². The smallest absolute Gasteiger partial charge is 0.320 e. The number of carbonyl (C=O) groups excluding carboxylic acids is 1. The Balaban J connectivity index is 1.42. The Kier molecular flexibility index (Phi) is 7.76. The van der Waals surface area contributed by atoms with Gasteiger partial charge in [0, 0.05) is 51.0 Å². The van der Waals surface area contributed by atoms with Crippen LogP contribution in [0.1, 0.15) is 22.7 Å². The Hall–Kier alpha value is -4.02. The fourth-order valence-electron chi connectivity index (χ4n) is 5.11. The summed E-state index contributed by atoms with van der Waals surface area (Å²) < 4.78 is 22.4. The first-order chi connectivity index (χ1) is 18.8. The van der Waals surface area contributed by atoms with Crippen molar-refractivity contribution < 1.29 is 13.9 Å². The largest absolute Gasteiger partial charge is 0.383 e. The molecule has 2 amide bonds. The number of halogens is 1. The molecule has 0 aliphatic carbocycles. The summed E-state index contributed by atoms with van der Waals surface area (Å²) in [5.74, 6) is 0.309. The molecule has 2 aromatic carbocycles. The molecule has 1 aliphatic heterocycles. The maximum Gasteiger partial charge on any atom is 0.320 e. The zero-order valence-corrected chi connectivity index (χ0v) is 22.7. The van der Waals surface area contributed by atoms with E-state index in [0.717, 1.165) is 41.3 Å². The van der Waals surface area contributed by atoms with Crippen LogP contribution in [0.15, 0.2) is 60.7 Å². The first-order valence-corrected chi connectivity index (χ1v) is 13.0. The number of hydrogen-bond acceptors (Lipinski definition) is 5. The molecule has 204 valence electrons. The van der Waals surface area contributed by atoms with Crippen LogP contribution in [0, 0.1) is 19.7 Å². The molecule has 3 heterocycles. The van der Waals surface area contributed by atoms with Crippen LogP contribution in [0.25, 0.3) is 17.1 Å². The minimum Gasteiger partial charge on any atom is -0.383 e. The second-order valence-corrected chi connectivity index (χ2v) is 9.98. The van der Waals surface area contributed by atoms with Gasteiger partial charge < -0.3 is 10.1 Å². The predicted molar refractivity (Wildman–Crippen MR) is 149 cm³/mol. The van der Waals surface area contributed by atoms with Gasteiger partial charge in [-0.2, -0.15) is 10.2 Å². The summed E-state index contributed by atoms with van der Waals surface area (Å²) in [6.45, 7) is 6.67. The Morgan fingerprint density at radius 1 is 1.08 bits per heavy atom. The molecule has 0 radical (unpaired) electrons. The van der Waals surface area contributed by atoms with Crippen LogP contribution in [0.3, 0.4) is 0 Å². The minimum absolute atomic E-state index is 0.0143. The number of carbonyl (C=O) groups is 1. The highest BCUT2D eigenvalue weighted by Crippen LogP contribution is 2.31. The molecule has 5 rings (SSSR count). The van der Waals surface area contributed by atoms with Gasteiger partial charge in [-0.05, 0) is 49.7 Å². The third-order valence-electron chi connectivity index (χ3n) is 7.33. The van der Waals surface area contributed by atoms with Gasteiger partial charge in [-0.1, -0.05) is 30.3 Å². The molecular formula is C29H34FN7O2. The lowest BCUT2D eigenvalue weighted by Crippen LogP contribution is -2.42. The Morgan fingerprint density at radius 3 is 2.49 bits per heavy atom. The molecule has 0 unspecified atom stereocenters. The fraction of sp³-hybridized carbons (Fsp3) is 0.345. The van der Waals surface area contributed by atoms with Crippen LogP contribution < -0.4 is 10.6 Å². The zero-order chi connectivity index (χ0) is 27.5. The van der Waals surface area contributed by atoms with E-state index < -0.39 is 0 Å². The molecule has 4 aromatic rings. The van der Waals surface area contributed by atoms with Crippen molar-refractivity contribution in [3.05, 3.63) is 83.3 Å². The van der Waals surface area contributed by atoms with Crippen molar-refractivity contribution in [2.75, 3.05) is 38.7 Å². The van der Waals surface area contributed by atoms with E-state index >= 15 is 0 Å². The molecule has 2 atom stereocenters. The van der Waals surface area contributed by atoms with Gasteiger partial charge >= 0.3 is 6.03 Å². The minimum atomic E-state index is -0.329. The molecular weight excluding hydrogens is 497 g/mol. The highest BCUT2D eigenvalue weighted by Gasteiger charge is 2.35. The SMILES string of the molecule is COCCN1C[C@@H](NC(=O)Nc2c(C)c(-c3cc(C)n(C)n3)nn2-c2ccccc2)[C@H](c2ccc(F)cc2)C1. The van der Waals surface area contributed by atoms with E-state index in [0.29, 0.717) is 24.7 Å². The maximum atomic E-state index is 13.6. The van der Waals surface area contributed by atoms with Gasteiger partial charge in [-0.25, -0.2) is 13.9 Å². The van der Waals surface area contributed by atoms with E-state index in [4.69, 9.17) is 9.84 Å². The average molecular weight is 532 g/mol. The number of likely N-dealkylation sites (tertiary alicyclic amines) is 1. The van der Waals surface area contributed by atoms with Crippen LogP contribution in [0.2, 0.25) is 0 Å². The van der Waals surface area contributed by atoms with Gasteiger partial charge in [0.1, 0.15) is 23.0 Å². The third kappa shape index (κ3) is 5.71. The van der Waals surface area contributed by atoms with Crippen molar-refractivity contribution in [2.24, 2.45) is 7.05 Å². The number of aromatic nitrogens is 4. The van der Waals surface area contributed by atoms with E-state index in [9.17, 15) is 9.18 Å². The van der Waals surface area contributed by atoms with Crippen molar-refractivity contribution >= 4 is 11.8 Å². The number of nitrogens with one attached hydrogen (secondary N) is 2. The second-order valence-electron chi connectivity index (χ2n) is 9.98. The van der Waals surface area contributed by atoms with Crippen molar-refractivity contribution in [3.8, 4) is 17.1 Å². The first kappa shape index (κ1) is 26.6. The quantitative estimate of drug-likeness (QED) is 0.355. The van der Waals surface area contributed by atoms with Crippen LogP contribution in [-0.2, 0) is 11.8 Å². The number of anilines is 1. The molecule has 9 nitrogen and oxygen atoms in total. The molecule has 39 heavy (non-hydrogen) atoms. The second kappa shape index (κ2) is 11.4. The number of para-hydroxylation sites is 1. The molecule has 2 aromatic heterocycles. The summed E-state index contributed by atoms with van der Waals surface area (Å²) in [7, 11) is 3.57. The molecule has 0 saturated carbocycles. The fourth-order valence-corrected chi connectivity index (χ4v) is 5.11. The van der Waals surface area contributed by atoms with E-state index in [1.807, 2.05) is 57.3 Å². The number of urea groups is 1. The highest BCUT2D eigenvalue weighted by atomic mass is 19.1. The van der Waals surface area contributed by atoms with E-state index in [1.165, 1.54) is 12.1 Å². The lowest BCUT2D eigenvalue weighted by molar-refractivity contribution is 0.159. The van der Waals surface area contributed by atoms with E-state index in [2.05, 4.69) is 20.6 Å². The monoisotopic (exact) mass is 531 g/mol. The maximum absolute atomic E-state index is 13.6. The van der Waals surface area contributed by atoms with Crippen molar-refractivity contribution in [1.29, 1.82) is 0 Å². The molecule has 0 spiro atoms. The number of benzene rings is 2. The van der Waals surface area contributed by atoms with E-state index in [1.54, 1.807) is 28.6 Å². The molecule has 2 N–H and O–H groups in total. The molecule has 10 heteroatoms. The van der Waals surface area contributed by atoms with Crippen LogP contribution in [0.4, 0.5) is 15.0 Å². The van der Waals surface area contributed by atoms with Crippen molar-refractivity contribution in [3.63, 3.8) is 0 Å². The summed E-state index contributed by atoms with van der Waals surface area (Å²) >= 11 is 0. The summed E-state index contributed by atoms with van der Waals surface area (Å²) in [6.07, 6.45) is 0. The summed E-state index contributed by atoms with van der Waals surface area (Å²) in [5.41, 5.74) is 5.08. The molecule has 1 saturated heterocycles. The number of methoxy groups -OCH3 is 1. The summed E-state index contributed by atoms with van der Waals surface area (Å²) in [5, 5.41) is 15.7. The molecule has 0 bridgehead atoms. The Bertz CT molecular complexity index is 1410. The Morgan fingerprint density at radius 2 is 1.82 bits per heavy atom. The number of ether oxygens (including phenoxy) is 1. The first-order valence-electron chi connectivity index (χ1n) is 13.0. The number of aryl methyl sites for hydroxylation is 2. The van der Waals surface area contributed by atoms with Crippen molar-refractivity contribution in [2.45, 2.75) is 25.8 Å². The summed E-state index contributed by atoms with van der Waals surface area (Å²) in [4.78, 5) is 15.7. The summed E-state index contributed by atoms with van der Waals surface area (Å²) in [6, 6.07) is 17.7. The van der Waals surface area contributed by atoms with E-state index in [-0.39, 0.29) is 23.8 Å². The number of nitrogens with zero attached hydrogens (tertiary/aromatic N) is 5. The number of hydrogen-bond donors (Lipinski definition) is 2. The van der Waals surface area contributed by atoms with Crippen molar-refractivity contribution in [1.82, 2.24) is 29.8 Å². The number of amides is 2. The molecule has 1 fully saturated rings. The highest BCUT2D eigenvalue weighted by molar-refractivity contribution is 5.91. The average Bonchev–Trinajstić information content (AvgIpc) is 3.59. The molecule has 1 aliphatic rings.